The molecule has 0 saturated heterocycles. The third kappa shape index (κ3) is 5.33. The Labute approximate surface area is 179 Å². The third-order valence-electron chi connectivity index (χ3n) is 4.90. The van der Waals surface area contributed by atoms with E-state index in [4.69, 9.17) is 4.74 Å². The van der Waals surface area contributed by atoms with E-state index < -0.39 is 0 Å². The van der Waals surface area contributed by atoms with Crippen LogP contribution in [-0.4, -0.2) is 21.8 Å². The summed E-state index contributed by atoms with van der Waals surface area (Å²) in [6.07, 6.45) is 5.27. The van der Waals surface area contributed by atoms with Crippen molar-refractivity contribution in [3.8, 4) is 5.75 Å². The summed E-state index contributed by atoms with van der Waals surface area (Å²) in [5, 5.41) is 3.00. The molecule has 0 aliphatic heterocycles. The summed E-state index contributed by atoms with van der Waals surface area (Å²) >= 11 is 1.60. The van der Waals surface area contributed by atoms with Crippen LogP contribution in [0.3, 0.4) is 0 Å². The molecule has 6 heteroatoms. The molecular weight excluding hydrogens is 399 g/mol. The second-order valence-electron chi connectivity index (χ2n) is 7.34. The number of rotatable bonds is 8. The van der Waals surface area contributed by atoms with Gasteiger partial charge in [-0.05, 0) is 49.6 Å². The number of ether oxygens (including phenoxy) is 1. The van der Waals surface area contributed by atoms with Crippen LogP contribution in [0.25, 0.3) is 6.08 Å². The fraction of sp³-hybridized carbons (Fsp3) is 0.250. The Bertz CT molecular complexity index is 1060. The van der Waals surface area contributed by atoms with E-state index in [-0.39, 0.29) is 24.3 Å². The number of aromatic nitrogens is 1. The highest BCUT2D eigenvalue weighted by Crippen LogP contribution is 2.29. The average molecular weight is 423 g/mol. The van der Waals surface area contributed by atoms with Crippen LogP contribution < -0.4 is 4.74 Å². The Morgan fingerprint density at radius 1 is 1.27 bits per heavy atom. The number of halogens is 1. The van der Waals surface area contributed by atoms with Crippen LogP contribution in [-0.2, 0) is 17.9 Å². The average Bonchev–Trinajstić information content (AvgIpc) is 3.51. The van der Waals surface area contributed by atoms with E-state index in [9.17, 15) is 9.18 Å². The number of carbonyl (C=O) groups excluding carboxylic acids is 1. The molecule has 0 spiro atoms. The zero-order valence-electron chi connectivity index (χ0n) is 16.8. The summed E-state index contributed by atoms with van der Waals surface area (Å²) in [6.45, 7) is 2.67. The fourth-order valence-electron chi connectivity index (χ4n) is 3.19. The molecule has 1 fully saturated rings. The molecule has 4 nitrogen and oxygen atoms in total. The molecule has 1 aliphatic rings. The predicted octanol–water partition coefficient (Wildman–Crippen LogP) is 5.37. The molecule has 0 N–H and O–H groups in total. The first-order valence-electron chi connectivity index (χ1n) is 9.94. The summed E-state index contributed by atoms with van der Waals surface area (Å²) < 4.78 is 19.8. The molecular formula is C24H23FN2O2S. The summed E-state index contributed by atoms with van der Waals surface area (Å²) in [4.78, 5) is 18.9. The smallest absolute Gasteiger partial charge is 0.247 e. The van der Waals surface area contributed by atoms with Crippen LogP contribution in [0.15, 0.2) is 60.0 Å². The summed E-state index contributed by atoms with van der Waals surface area (Å²) in [5.41, 5.74) is 2.32. The van der Waals surface area contributed by atoms with Crippen molar-refractivity contribution in [2.24, 2.45) is 0 Å². The fourth-order valence-corrected chi connectivity index (χ4v) is 3.78. The van der Waals surface area contributed by atoms with Gasteiger partial charge in [-0.3, -0.25) is 4.79 Å². The number of nitrogens with zero attached hydrogens (tertiary/aromatic N) is 2. The summed E-state index contributed by atoms with van der Waals surface area (Å²) in [7, 11) is 0. The molecule has 1 aromatic heterocycles. The molecule has 154 valence electrons. The lowest BCUT2D eigenvalue weighted by atomic mass is 10.1. The molecule has 0 unspecified atom stereocenters. The molecule has 0 radical (unpaired) electrons. The highest BCUT2D eigenvalue weighted by molar-refractivity contribution is 7.09. The van der Waals surface area contributed by atoms with E-state index in [1.807, 2.05) is 36.6 Å². The Morgan fingerprint density at radius 3 is 2.83 bits per heavy atom. The van der Waals surface area contributed by atoms with Gasteiger partial charge in [0.15, 0.2) is 0 Å². The SMILES string of the molecule is Cc1nc(COc2cccc(C=CC(=O)N(Cc3ccccc3F)C3CC3)c2)cs1. The molecule has 1 amide bonds. The first-order chi connectivity index (χ1) is 14.6. The first kappa shape index (κ1) is 20.3. The van der Waals surface area contributed by atoms with E-state index in [1.165, 1.54) is 6.07 Å². The standard InChI is InChI=1S/C24H23FN2O2S/c1-17-26-20(16-30-17)15-29-22-7-4-5-18(13-22)9-12-24(28)27(21-10-11-21)14-19-6-2-3-8-23(19)25/h2-9,12-13,16,21H,10-11,14-15H2,1H3. The van der Waals surface area contributed by atoms with E-state index >= 15 is 0 Å². The minimum absolute atomic E-state index is 0.106. The number of aryl methyl sites for hydroxylation is 1. The number of carbonyl (C=O) groups is 1. The number of hydrogen-bond donors (Lipinski definition) is 0. The van der Waals surface area contributed by atoms with Crippen LogP contribution in [0.1, 0.15) is 34.7 Å². The molecule has 0 bridgehead atoms. The van der Waals surface area contributed by atoms with Gasteiger partial charge < -0.3 is 9.64 Å². The molecule has 1 saturated carbocycles. The first-order valence-corrected chi connectivity index (χ1v) is 10.8. The molecule has 1 aliphatic carbocycles. The van der Waals surface area contributed by atoms with Crippen molar-refractivity contribution in [2.75, 3.05) is 0 Å². The maximum Gasteiger partial charge on any atom is 0.247 e. The number of benzene rings is 2. The van der Waals surface area contributed by atoms with Gasteiger partial charge in [-0.2, -0.15) is 0 Å². The van der Waals surface area contributed by atoms with Crippen LogP contribution >= 0.6 is 11.3 Å². The zero-order chi connectivity index (χ0) is 20.9. The van der Waals surface area contributed by atoms with Gasteiger partial charge in [-0.25, -0.2) is 9.37 Å². The Kier molecular flexibility index (Phi) is 6.23. The van der Waals surface area contributed by atoms with Gasteiger partial charge >= 0.3 is 0 Å². The Balaban J connectivity index is 1.40. The maximum absolute atomic E-state index is 14.0. The van der Waals surface area contributed by atoms with Crippen molar-refractivity contribution in [2.45, 2.75) is 39.0 Å². The Morgan fingerprint density at radius 2 is 2.10 bits per heavy atom. The minimum atomic E-state index is -0.278. The van der Waals surface area contributed by atoms with Gasteiger partial charge in [0.2, 0.25) is 5.91 Å². The largest absolute Gasteiger partial charge is 0.487 e. The molecule has 30 heavy (non-hydrogen) atoms. The van der Waals surface area contributed by atoms with Gasteiger partial charge in [0.25, 0.3) is 0 Å². The minimum Gasteiger partial charge on any atom is -0.487 e. The quantitative estimate of drug-likeness (QED) is 0.458. The predicted molar refractivity (Wildman–Crippen MR) is 117 cm³/mol. The van der Waals surface area contributed by atoms with E-state index in [1.54, 1.807) is 46.6 Å². The van der Waals surface area contributed by atoms with Crippen LogP contribution in [0.4, 0.5) is 4.39 Å². The topological polar surface area (TPSA) is 42.4 Å². The van der Waals surface area contributed by atoms with Gasteiger partial charge in [0, 0.05) is 29.6 Å². The number of amides is 1. The number of thiazole rings is 1. The van der Waals surface area contributed by atoms with Crippen molar-refractivity contribution in [3.05, 3.63) is 87.6 Å². The second kappa shape index (κ2) is 9.22. The van der Waals surface area contributed by atoms with E-state index in [2.05, 4.69) is 4.98 Å². The molecule has 2 aromatic carbocycles. The summed E-state index contributed by atoms with van der Waals surface area (Å²) in [5.74, 6) is 0.339. The van der Waals surface area contributed by atoms with Crippen molar-refractivity contribution in [1.82, 2.24) is 9.88 Å². The van der Waals surface area contributed by atoms with Crippen molar-refractivity contribution in [3.63, 3.8) is 0 Å². The highest BCUT2D eigenvalue weighted by Gasteiger charge is 2.31. The van der Waals surface area contributed by atoms with Crippen molar-refractivity contribution in [1.29, 1.82) is 0 Å². The number of hydrogen-bond acceptors (Lipinski definition) is 4. The molecule has 1 heterocycles. The third-order valence-corrected chi connectivity index (χ3v) is 5.72. The van der Waals surface area contributed by atoms with Gasteiger partial charge in [0.1, 0.15) is 18.2 Å². The second-order valence-corrected chi connectivity index (χ2v) is 8.40. The van der Waals surface area contributed by atoms with E-state index in [0.29, 0.717) is 12.2 Å². The van der Waals surface area contributed by atoms with E-state index in [0.717, 1.165) is 34.9 Å². The van der Waals surface area contributed by atoms with Gasteiger partial charge in [-0.1, -0.05) is 30.3 Å². The lowest BCUT2D eigenvalue weighted by Gasteiger charge is -2.21. The normalized spacial score (nSPS) is 13.5. The molecule has 3 aromatic rings. The zero-order valence-corrected chi connectivity index (χ0v) is 17.6. The van der Waals surface area contributed by atoms with Crippen molar-refractivity contribution < 1.29 is 13.9 Å². The molecule has 0 atom stereocenters. The van der Waals surface area contributed by atoms with Gasteiger partial charge in [-0.15, -0.1) is 11.3 Å². The maximum atomic E-state index is 14.0. The lowest BCUT2D eigenvalue weighted by molar-refractivity contribution is -0.127. The lowest BCUT2D eigenvalue weighted by Crippen LogP contribution is -2.31. The van der Waals surface area contributed by atoms with Crippen molar-refractivity contribution >= 4 is 23.3 Å². The van der Waals surface area contributed by atoms with Crippen LogP contribution in [0.5, 0.6) is 5.75 Å². The van der Waals surface area contributed by atoms with Crippen LogP contribution in [0.2, 0.25) is 0 Å². The Hall–Kier alpha value is -2.99. The van der Waals surface area contributed by atoms with Gasteiger partial charge in [0.05, 0.1) is 10.7 Å². The molecule has 4 rings (SSSR count). The van der Waals surface area contributed by atoms with Crippen LogP contribution in [0, 0.1) is 12.7 Å². The monoisotopic (exact) mass is 422 g/mol. The highest BCUT2D eigenvalue weighted by atomic mass is 32.1. The summed E-state index contributed by atoms with van der Waals surface area (Å²) in [6, 6.07) is 14.4.